The molecular formula is C17H23FN2O2. The number of piperidine rings is 1. The highest BCUT2D eigenvalue weighted by Crippen LogP contribution is 2.18. The van der Waals surface area contributed by atoms with Crippen molar-refractivity contribution >= 4 is 11.8 Å². The number of hydrogen-bond acceptors (Lipinski definition) is 2. The fourth-order valence-electron chi connectivity index (χ4n) is 2.70. The van der Waals surface area contributed by atoms with Gasteiger partial charge in [-0.3, -0.25) is 9.59 Å². The van der Waals surface area contributed by atoms with Crippen molar-refractivity contribution in [1.29, 1.82) is 0 Å². The van der Waals surface area contributed by atoms with Crippen molar-refractivity contribution in [3.05, 3.63) is 35.6 Å². The Labute approximate surface area is 130 Å². The minimum absolute atomic E-state index is 0.0203. The number of nitrogens with one attached hydrogen (secondary N) is 1. The molecule has 0 atom stereocenters. The number of carbonyl (C=O) groups excluding carboxylic acids is 2. The lowest BCUT2D eigenvalue weighted by molar-refractivity contribution is -0.135. The summed E-state index contributed by atoms with van der Waals surface area (Å²) in [6, 6.07) is 6.11. The first-order valence-electron chi connectivity index (χ1n) is 7.90. The summed E-state index contributed by atoms with van der Waals surface area (Å²) < 4.78 is 12.8. The van der Waals surface area contributed by atoms with E-state index in [1.165, 1.54) is 12.1 Å². The molecule has 22 heavy (non-hydrogen) atoms. The Morgan fingerprint density at radius 2 is 1.86 bits per heavy atom. The van der Waals surface area contributed by atoms with E-state index in [-0.39, 0.29) is 23.5 Å². The number of nitrogens with zero attached hydrogens (tertiary/aromatic N) is 1. The van der Waals surface area contributed by atoms with Gasteiger partial charge in [0.05, 0.1) is 0 Å². The van der Waals surface area contributed by atoms with Gasteiger partial charge in [-0.25, -0.2) is 4.39 Å². The van der Waals surface area contributed by atoms with Crippen LogP contribution in [0.4, 0.5) is 4.39 Å². The van der Waals surface area contributed by atoms with Gasteiger partial charge in [-0.2, -0.15) is 0 Å². The molecule has 4 nitrogen and oxygen atoms in total. The van der Waals surface area contributed by atoms with Crippen LogP contribution in [0, 0.1) is 11.7 Å². The fraction of sp³-hybridized carbons (Fsp3) is 0.529. The minimum atomic E-state index is -0.279. The number of amides is 2. The van der Waals surface area contributed by atoms with E-state index in [1.54, 1.807) is 12.1 Å². The predicted octanol–water partition coefficient (Wildman–Crippen LogP) is 2.48. The monoisotopic (exact) mass is 306 g/mol. The summed E-state index contributed by atoms with van der Waals surface area (Å²) in [6.45, 7) is 3.72. The van der Waals surface area contributed by atoms with Crippen LogP contribution in [0.15, 0.2) is 24.3 Å². The molecule has 1 aliphatic rings. The average Bonchev–Trinajstić information content (AvgIpc) is 2.54. The molecule has 0 bridgehead atoms. The van der Waals surface area contributed by atoms with E-state index in [9.17, 15) is 14.0 Å². The van der Waals surface area contributed by atoms with Crippen molar-refractivity contribution in [1.82, 2.24) is 10.2 Å². The van der Waals surface area contributed by atoms with E-state index in [4.69, 9.17) is 0 Å². The van der Waals surface area contributed by atoms with Crippen LogP contribution >= 0.6 is 0 Å². The average molecular weight is 306 g/mol. The molecule has 1 aromatic carbocycles. The maximum Gasteiger partial charge on any atom is 0.223 e. The third kappa shape index (κ3) is 4.55. The van der Waals surface area contributed by atoms with Crippen molar-refractivity contribution in [3.8, 4) is 0 Å². The Bertz CT molecular complexity index is 508. The summed E-state index contributed by atoms with van der Waals surface area (Å²) in [5, 5.41) is 2.89. The van der Waals surface area contributed by atoms with Crippen molar-refractivity contribution in [2.75, 3.05) is 13.1 Å². The molecule has 1 aromatic rings. The summed E-state index contributed by atoms with van der Waals surface area (Å²) in [7, 11) is 0. The van der Waals surface area contributed by atoms with Crippen molar-refractivity contribution < 1.29 is 14.0 Å². The first kappa shape index (κ1) is 16.5. The summed E-state index contributed by atoms with van der Waals surface area (Å²) in [5.74, 6) is -0.107. The summed E-state index contributed by atoms with van der Waals surface area (Å²) in [4.78, 5) is 25.8. The van der Waals surface area contributed by atoms with E-state index >= 15 is 0 Å². The molecule has 2 rings (SSSR count). The lowest BCUT2D eigenvalue weighted by Gasteiger charge is -2.31. The van der Waals surface area contributed by atoms with Gasteiger partial charge in [0.1, 0.15) is 5.82 Å². The van der Waals surface area contributed by atoms with E-state index in [2.05, 4.69) is 5.32 Å². The maximum absolute atomic E-state index is 12.8. The number of likely N-dealkylation sites (tertiary alicyclic amines) is 1. The standard InChI is InChI=1S/C17H23FN2O2/c1-2-3-16(21)20-10-8-14(9-11-20)17(22)19-12-13-4-6-15(18)7-5-13/h4-7,14H,2-3,8-12H2,1H3,(H,19,22). The smallest absolute Gasteiger partial charge is 0.223 e. The molecular weight excluding hydrogens is 283 g/mol. The van der Waals surface area contributed by atoms with E-state index < -0.39 is 0 Å². The minimum Gasteiger partial charge on any atom is -0.352 e. The van der Waals surface area contributed by atoms with Gasteiger partial charge in [0.2, 0.25) is 11.8 Å². The topological polar surface area (TPSA) is 49.4 Å². The second-order valence-corrected chi connectivity index (χ2v) is 5.75. The van der Waals surface area contributed by atoms with Crippen LogP contribution in [-0.2, 0) is 16.1 Å². The SMILES string of the molecule is CCCC(=O)N1CCC(C(=O)NCc2ccc(F)cc2)CC1. The number of carbonyl (C=O) groups is 2. The Morgan fingerprint density at radius 1 is 1.23 bits per heavy atom. The predicted molar refractivity (Wildman–Crippen MR) is 82.5 cm³/mol. The first-order valence-corrected chi connectivity index (χ1v) is 7.90. The van der Waals surface area contributed by atoms with E-state index in [0.717, 1.165) is 12.0 Å². The number of rotatable bonds is 5. The van der Waals surface area contributed by atoms with Crippen molar-refractivity contribution in [2.24, 2.45) is 5.92 Å². The molecule has 0 aromatic heterocycles. The molecule has 1 fully saturated rings. The molecule has 5 heteroatoms. The molecule has 0 radical (unpaired) electrons. The van der Waals surface area contributed by atoms with Gasteiger partial charge in [0.15, 0.2) is 0 Å². The lowest BCUT2D eigenvalue weighted by Crippen LogP contribution is -2.42. The van der Waals surface area contributed by atoms with E-state index in [1.807, 2.05) is 11.8 Å². The molecule has 0 aliphatic carbocycles. The Hall–Kier alpha value is -1.91. The third-order valence-corrected chi connectivity index (χ3v) is 4.06. The van der Waals surface area contributed by atoms with Gasteiger partial charge in [0.25, 0.3) is 0 Å². The fourth-order valence-corrected chi connectivity index (χ4v) is 2.70. The molecule has 1 heterocycles. The first-order chi connectivity index (χ1) is 10.6. The van der Waals surface area contributed by atoms with Gasteiger partial charge < -0.3 is 10.2 Å². The maximum atomic E-state index is 12.8. The van der Waals surface area contributed by atoms with Crippen LogP contribution in [0.2, 0.25) is 0 Å². The quantitative estimate of drug-likeness (QED) is 0.908. The highest BCUT2D eigenvalue weighted by Gasteiger charge is 2.26. The molecule has 0 spiro atoms. The van der Waals surface area contributed by atoms with Crippen LogP contribution < -0.4 is 5.32 Å². The Balaban J connectivity index is 1.75. The summed E-state index contributed by atoms with van der Waals surface area (Å²) in [5.41, 5.74) is 0.880. The van der Waals surface area contributed by atoms with E-state index in [0.29, 0.717) is 38.9 Å². The second kappa shape index (κ2) is 7.92. The zero-order valence-electron chi connectivity index (χ0n) is 13.0. The zero-order chi connectivity index (χ0) is 15.9. The highest BCUT2D eigenvalue weighted by molar-refractivity contribution is 5.80. The summed E-state index contributed by atoms with van der Waals surface area (Å²) >= 11 is 0. The van der Waals surface area contributed by atoms with Crippen LogP contribution in [0.1, 0.15) is 38.2 Å². The zero-order valence-corrected chi connectivity index (χ0v) is 13.0. The van der Waals surface area contributed by atoms with Gasteiger partial charge in [-0.15, -0.1) is 0 Å². The second-order valence-electron chi connectivity index (χ2n) is 5.75. The summed E-state index contributed by atoms with van der Waals surface area (Å²) in [6.07, 6.45) is 2.87. The number of halogens is 1. The molecule has 1 saturated heterocycles. The van der Waals surface area contributed by atoms with Gasteiger partial charge in [-0.05, 0) is 37.0 Å². The van der Waals surface area contributed by atoms with Gasteiger partial charge in [-0.1, -0.05) is 19.1 Å². The van der Waals surface area contributed by atoms with Gasteiger partial charge >= 0.3 is 0 Å². The van der Waals surface area contributed by atoms with Crippen molar-refractivity contribution in [3.63, 3.8) is 0 Å². The Morgan fingerprint density at radius 3 is 2.45 bits per heavy atom. The molecule has 0 unspecified atom stereocenters. The normalized spacial score (nSPS) is 15.6. The Kier molecular flexibility index (Phi) is 5.92. The van der Waals surface area contributed by atoms with Crippen molar-refractivity contribution in [2.45, 2.75) is 39.2 Å². The molecule has 1 N–H and O–H groups in total. The lowest BCUT2D eigenvalue weighted by atomic mass is 9.95. The molecule has 1 aliphatic heterocycles. The van der Waals surface area contributed by atoms with Crippen LogP contribution in [0.3, 0.4) is 0 Å². The number of benzene rings is 1. The van der Waals surface area contributed by atoms with Crippen LogP contribution in [0.5, 0.6) is 0 Å². The molecule has 120 valence electrons. The van der Waals surface area contributed by atoms with Crippen LogP contribution in [0.25, 0.3) is 0 Å². The molecule has 2 amide bonds. The van der Waals surface area contributed by atoms with Crippen LogP contribution in [-0.4, -0.2) is 29.8 Å². The molecule has 0 saturated carbocycles. The highest BCUT2D eigenvalue weighted by atomic mass is 19.1. The number of hydrogen-bond donors (Lipinski definition) is 1. The van der Waals surface area contributed by atoms with Gasteiger partial charge in [0, 0.05) is 32.0 Å². The largest absolute Gasteiger partial charge is 0.352 e. The third-order valence-electron chi connectivity index (χ3n) is 4.06.